The summed E-state index contributed by atoms with van der Waals surface area (Å²) in [6, 6.07) is 5.72. The highest BCUT2D eigenvalue weighted by molar-refractivity contribution is 9.11. The number of rotatable bonds is 3. The van der Waals surface area contributed by atoms with Crippen LogP contribution in [0.4, 0.5) is 0 Å². The number of hydrogen-bond donors (Lipinski definition) is 0. The normalized spacial score (nSPS) is 11.4. The molecule has 0 amide bonds. The predicted molar refractivity (Wildman–Crippen MR) is 104 cm³/mol. The topological polar surface area (TPSA) is 44.0 Å². The third-order valence-corrected chi connectivity index (χ3v) is 6.12. The van der Waals surface area contributed by atoms with Crippen molar-refractivity contribution in [1.82, 2.24) is 9.13 Å². The molecule has 0 bridgehead atoms. The molecule has 6 heteroatoms. The summed E-state index contributed by atoms with van der Waals surface area (Å²) in [5, 5.41) is 0. The standard InChI is InChI=1S/C18H19BrN2O2S/c1-5-6-11-8-13-14(20(3)17(11)22)9-12(18(23)21(13)4)16-10(2)7-15(19)24-16/h7-9H,5-6H2,1-4H3. The van der Waals surface area contributed by atoms with E-state index < -0.39 is 0 Å². The Balaban J connectivity index is 2.41. The summed E-state index contributed by atoms with van der Waals surface area (Å²) >= 11 is 5.02. The lowest BCUT2D eigenvalue weighted by molar-refractivity contribution is 0.822. The number of halogens is 1. The zero-order valence-electron chi connectivity index (χ0n) is 14.1. The van der Waals surface area contributed by atoms with Crippen molar-refractivity contribution in [2.24, 2.45) is 14.1 Å². The highest BCUT2D eigenvalue weighted by Crippen LogP contribution is 2.34. The minimum Gasteiger partial charge on any atom is -0.310 e. The van der Waals surface area contributed by atoms with Crippen molar-refractivity contribution >= 4 is 38.3 Å². The summed E-state index contributed by atoms with van der Waals surface area (Å²) in [6.45, 7) is 4.03. The average molecular weight is 407 g/mol. The van der Waals surface area contributed by atoms with E-state index in [1.807, 2.05) is 32.0 Å². The Hall–Kier alpha value is -1.66. The third kappa shape index (κ3) is 2.67. The molecule has 0 N–H and O–H groups in total. The number of pyridine rings is 2. The van der Waals surface area contributed by atoms with Gasteiger partial charge in [0, 0.05) is 24.5 Å². The second-order valence-corrected chi connectivity index (χ2v) is 8.47. The number of thiophene rings is 1. The lowest BCUT2D eigenvalue weighted by Gasteiger charge is -2.13. The average Bonchev–Trinajstić information content (AvgIpc) is 2.87. The molecule has 0 fully saturated rings. The van der Waals surface area contributed by atoms with Crippen molar-refractivity contribution < 1.29 is 0 Å². The molecule has 0 saturated heterocycles. The molecule has 24 heavy (non-hydrogen) atoms. The molecule has 4 nitrogen and oxygen atoms in total. The summed E-state index contributed by atoms with van der Waals surface area (Å²) < 4.78 is 4.29. The largest absolute Gasteiger partial charge is 0.310 e. The maximum absolute atomic E-state index is 12.9. The molecule has 0 aliphatic heterocycles. The van der Waals surface area contributed by atoms with Gasteiger partial charge in [0.05, 0.1) is 20.4 Å². The zero-order valence-corrected chi connectivity index (χ0v) is 16.5. The van der Waals surface area contributed by atoms with Crippen LogP contribution in [0, 0.1) is 6.92 Å². The molecule has 126 valence electrons. The molecular formula is C18H19BrN2O2S. The van der Waals surface area contributed by atoms with Gasteiger partial charge in [-0.05, 0) is 53.0 Å². The van der Waals surface area contributed by atoms with Crippen LogP contribution in [0.25, 0.3) is 21.5 Å². The van der Waals surface area contributed by atoms with Gasteiger partial charge in [0.2, 0.25) is 0 Å². The van der Waals surface area contributed by atoms with Crippen LogP contribution < -0.4 is 11.1 Å². The first-order valence-corrected chi connectivity index (χ1v) is 9.45. The molecule has 3 aromatic heterocycles. The van der Waals surface area contributed by atoms with Crippen molar-refractivity contribution in [1.29, 1.82) is 0 Å². The molecule has 3 aromatic rings. The maximum atomic E-state index is 12.9. The van der Waals surface area contributed by atoms with Crippen LogP contribution >= 0.6 is 27.3 Å². The first-order chi connectivity index (χ1) is 11.3. The maximum Gasteiger partial charge on any atom is 0.259 e. The molecule has 3 heterocycles. The van der Waals surface area contributed by atoms with Crippen LogP contribution in [0.5, 0.6) is 0 Å². The highest BCUT2D eigenvalue weighted by atomic mass is 79.9. The molecule has 0 spiro atoms. The Kier molecular flexibility index (Phi) is 4.53. The molecular weight excluding hydrogens is 388 g/mol. The number of aryl methyl sites for hydroxylation is 4. The monoisotopic (exact) mass is 406 g/mol. The van der Waals surface area contributed by atoms with Crippen LogP contribution in [0.1, 0.15) is 24.5 Å². The fraction of sp³-hybridized carbons (Fsp3) is 0.333. The molecule has 0 aliphatic carbocycles. The van der Waals surface area contributed by atoms with E-state index in [1.165, 1.54) is 11.3 Å². The van der Waals surface area contributed by atoms with E-state index in [2.05, 4.69) is 15.9 Å². The smallest absolute Gasteiger partial charge is 0.259 e. The van der Waals surface area contributed by atoms with E-state index in [4.69, 9.17) is 0 Å². The van der Waals surface area contributed by atoms with Gasteiger partial charge >= 0.3 is 0 Å². The second kappa shape index (κ2) is 6.33. The Morgan fingerprint density at radius 3 is 2.25 bits per heavy atom. The molecule has 3 rings (SSSR count). The van der Waals surface area contributed by atoms with Crippen molar-refractivity contribution in [3.8, 4) is 10.4 Å². The van der Waals surface area contributed by atoms with Crippen LogP contribution in [0.3, 0.4) is 0 Å². The van der Waals surface area contributed by atoms with Gasteiger partial charge in [0.1, 0.15) is 0 Å². The van der Waals surface area contributed by atoms with Gasteiger partial charge in [0.15, 0.2) is 0 Å². The van der Waals surface area contributed by atoms with E-state index in [0.717, 1.165) is 43.7 Å². The van der Waals surface area contributed by atoms with Crippen molar-refractivity contribution in [3.63, 3.8) is 0 Å². The van der Waals surface area contributed by atoms with Gasteiger partial charge in [-0.25, -0.2) is 0 Å². The quantitative estimate of drug-likeness (QED) is 0.659. The number of aromatic nitrogens is 2. The lowest BCUT2D eigenvalue weighted by Crippen LogP contribution is -2.26. The van der Waals surface area contributed by atoms with Gasteiger partial charge in [-0.3, -0.25) is 9.59 Å². The summed E-state index contributed by atoms with van der Waals surface area (Å²) in [7, 11) is 3.54. The predicted octanol–water partition coefficient (Wildman–Crippen LogP) is 3.99. The van der Waals surface area contributed by atoms with E-state index in [1.54, 1.807) is 23.2 Å². The fourth-order valence-corrected chi connectivity index (χ4v) is 4.78. The molecule has 0 radical (unpaired) electrons. The lowest BCUT2D eigenvalue weighted by atomic mass is 10.1. The molecule has 0 aliphatic rings. The number of fused-ring (bicyclic) bond motifs is 1. The first-order valence-electron chi connectivity index (χ1n) is 7.84. The first kappa shape index (κ1) is 17.2. The van der Waals surface area contributed by atoms with Crippen molar-refractivity contribution in [2.45, 2.75) is 26.7 Å². The summed E-state index contributed by atoms with van der Waals surface area (Å²) in [6.07, 6.45) is 1.62. The summed E-state index contributed by atoms with van der Waals surface area (Å²) in [5.74, 6) is 0. The Morgan fingerprint density at radius 2 is 1.67 bits per heavy atom. The third-order valence-electron chi connectivity index (χ3n) is 4.34. The number of hydrogen-bond acceptors (Lipinski definition) is 3. The zero-order chi connectivity index (χ0) is 17.6. The second-order valence-electron chi connectivity index (χ2n) is 6.04. The van der Waals surface area contributed by atoms with Gasteiger partial charge in [-0.15, -0.1) is 11.3 Å². The van der Waals surface area contributed by atoms with Gasteiger partial charge < -0.3 is 9.13 Å². The summed E-state index contributed by atoms with van der Waals surface area (Å²) in [5.41, 5.74) is 3.99. The van der Waals surface area contributed by atoms with E-state index in [-0.39, 0.29) is 11.1 Å². The Bertz CT molecular complexity index is 1060. The minimum absolute atomic E-state index is 0.0121. The summed E-state index contributed by atoms with van der Waals surface area (Å²) in [4.78, 5) is 26.4. The van der Waals surface area contributed by atoms with Crippen molar-refractivity contribution in [3.05, 3.63) is 53.8 Å². The SMILES string of the molecule is CCCc1cc2c(cc(-c3sc(Br)cc3C)c(=O)n2C)n(C)c1=O. The van der Waals surface area contributed by atoms with Gasteiger partial charge in [0.25, 0.3) is 11.1 Å². The molecule has 0 aromatic carbocycles. The van der Waals surface area contributed by atoms with E-state index in [9.17, 15) is 9.59 Å². The van der Waals surface area contributed by atoms with Gasteiger partial charge in [-0.2, -0.15) is 0 Å². The van der Waals surface area contributed by atoms with Crippen molar-refractivity contribution in [2.75, 3.05) is 0 Å². The molecule has 0 unspecified atom stereocenters. The van der Waals surface area contributed by atoms with Gasteiger partial charge in [-0.1, -0.05) is 13.3 Å². The van der Waals surface area contributed by atoms with E-state index in [0.29, 0.717) is 5.56 Å². The fourth-order valence-electron chi connectivity index (χ4n) is 3.05. The van der Waals surface area contributed by atoms with Crippen LogP contribution in [0.2, 0.25) is 0 Å². The Morgan fingerprint density at radius 1 is 1.04 bits per heavy atom. The number of nitrogens with zero attached hydrogens (tertiary/aromatic N) is 2. The highest BCUT2D eigenvalue weighted by Gasteiger charge is 2.16. The van der Waals surface area contributed by atoms with E-state index >= 15 is 0 Å². The van der Waals surface area contributed by atoms with Crippen LogP contribution in [-0.4, -0.2) is 9.13 Å². The molecule has 0 atom stereocenters. The minimum atomic E-state index is -0.0407. The molecule has 0 saturated carbocycles. The Labute approximate surface area is 152 Å². The van der Waals surface area contributed by atoms with Crippen LogP contribution in [0.15, 0.2) is 31.6 Å². The van der Waals surface area contributed by atoms with Crippen LogP contribution in [-0.2, 0) is 20.5 Å².